The number of hydrogen-bond acceptors (Lipinski definition) is 6. The van der Waals surface area contributed by atoms with Crippen LogP contribution in [0, 0.1) is 34.1 Å². The number of aryl methyl sites for hydroxylation is 1. The molecule has 10 nitrogen and oxygen atoms in total. The molecule has 0 fully saturated rings. The second kappa shape index (κ2) is 8.68. The summed E-state index contributed by atoms with van der Waals surface area (Å²) in [5, 5.41) is 28.9. The maximum absolute atomic E-state index is 13.0. The molecule has 3 aromatic rings. The van der Waals surface area contributed by atoms with Crippen molar-refractivity contribution in [3.63, 3.8) is 0 Å². The van der Waals surface area contributed by atoms with Gasteiger partial charge >= 0.3 is 6.18 Å². The van der Waals surface area contributed by atoms with Crippen LogP contribution in [0.25, 0.3) is 0 Å². The summed E-state index contributed by atoms with van der Waals surface area (Å²) in [5.74, 6) is -0.841. The van der Waals surface area contributed by atoms with Gasteiger partial charge in [-0.3, -0.25) is 29.7 Å². The van der Waals surface area contributed by atoms with E-state index in [2.05, 4.69) is 10.4 Å². The second-order valence-electron chi connectivity index (χ2n) is 7.11. The van der Waals surface area contributed by atoms with Crippen molar-refractivity contribution in [3.8, 4) is 0 Å². The van der Waals surface area contributed by atoms with E-state index in [0.717, 1.165) is 30.3 Å². The van der Waals surface area contributed by atoms with Crippen LogP contribution in [0.5, 0.6) is 0 Å². The average Bonchev–Trinajstić information content (AvgIpc) is 3.00. The zero-order valence-electron chi connectivity index (χ0n) is 17.2. The molecule has 0 spiro atoms. The van der Waals surface area contributed by atoms with Gasteiger partial charge in [-0.2, -0.15) is 18.3 Å². The molecule has 0 aliphatic heterocycles. The summed E-state index contributed by atoms with van der Waals surface area (Å²) in [4.78, 5) is 33.1. The summed E-state index contributed by atoms with van der Waals surface area (Å²) in [6.07, 6.45) is -4.49. The maximum Gasteiger partial charge on any atom is 0.416 e. The molecule has 13 heteroatoms. The van der Waals surface area contributed by atoms with Crippen LogP contribution < -0.4 is 5.32 Å². The molecule has 0 unspecified atom stereocenters. The van der Waals surface area contributed by atoms with E-state index in [9.17, 15) is 38.2 Å². The fourth-order valence-electron chi connectivity index (χ4n) is 3.17. The van der Waals surface area contributed by atoms with E-state index in [1.54, 1.807) is 13.8 Å². The monoisotopic (exact) mass is 463 g/mol. The Morgan fingerprint density at radius 3 is 2.21 bits per heavy atom. The van der Waals surface area contributed by atoms with E-state index in [1.165, 1.54) is 16.8 Å². The van der Waals surface area contributed by atoms with Crippen molar-refractivity contribution in [2.45, 2.75) is 26.6 Å². The summed E-state index contributed by atoms with van der Waals surface area (Å²) in [7, 11) is 0. The molecule has 172 valence electrons. The summed E-state index contributed by atoms with van der Waals surface area (Å²) in [5.41, 5.74) is -1.02. The van der Waals surface area contributed by atoms with Gasteiger partial charge in [0.15, 0.2) is 0 Å². The number of nitrogens with zero attached hydrogens (tertiary/aromatic N) is 4. The largest absolute Gasteiger partial charge is 0.416 e. The third-order valence-corrected chi connectivity index (χ3v) is 4.79. The van der Waals surface area contributed by atoms with Crippen molar-refractivity contribution in [2.24, 2.45) is 0 Å². The Hall–Kier alpha value is -4.29. The molecule has 0 aliphatic rings. The van der Waals surface area contributed by atoms with Crippen LogP contribution in [-0.4, -0.2) is 25.5 Å². The van der Waals surface area contributed by atoms with Gasteiger partial charge in [-0.25, -0.2) is 0 Å². The fourth-order valence-corrected chi connectivity index (χ4v) is 3.17. The number of carbonyl (C=O) groups is 1. The molecule has 33 heavy (non-hydrogen) atoms. The van der Waals surface area contributed by atoms with Crippen molar-refractivity contribution in [1.82, 2.24) is 9.78 Å². The van der Waals surface area contributed by atoms with Gasteiger partial charge in [0.1, 0.15) is 0 Å². The number of nitro benzene ring substituents is 2. The number of non-ortho nitro benzene ring substituents is 2. The van der Waals surface area contributed by atoms with Crippen LogP contribution in [-0.2, 0) is 12.7 Å². The molecule has 0 saturated carbocycles. The Bertz CT molecular complexity index is 1240. The van der Waals surface area contributed by atoms with E-state index < -0.39 is 38.9 Å². The number of hydrogen-bond donors (Lipinski definition) is 1. The lowest BCUT2D eigenvalue weighted by Gasteiger charge is -2.10. The molecule has 1 heterocycles. The van der Waals surface area contributed by atoms with E-state index in [4.69, 9.17) is 0 Å². The van der Waals surface area contributed by atoms with Crippen LogP contribution in [0.15, 0.2) is 42.5 Å². The number of benzene rings is 2. The summed E-state index contributed by atoms with van der Waals surface area (Å²) >= 11 is 0. The van der Waals surface area contributed by atoms with Crippen LogP contribution in [0.2, 0.25) is 0 Å². The number of carbonyl (C=O) groups excluding carboxylic acids is 1. The highest BCUT2D eigenvalue weighted by molar-refractivity contribution is 6.05. The molecule has 0 aliphatic carbocycles. The normalized spacial score (nSPS) is 11.3. The van der Waals surface area contributed by atoms with Crippen LogP contribution in [0.3, 0.4) is 0 Å². The highest BCUT2D eigenvalue weighted by atomic mass is 19.4. The number of amides is 1. The number of nitrogens with one attached hydrogen (secondary N) is 1. The SMILES string of the molecule is Cc1nn(Cc2cccc(C(F)(F)F)c2)c(C)c1NC(=O)c1cc([N+](=O)[O-])cc([N+](=O)[O-])c1. The van der Waals surface area contributed by atoms with Crippen LogP contribution >= 0.6 is 0 Å². The quantitative estimate of drug-likeness (QED) is 0.418. The number of alkyl halides is 3. The first-order chi connectivity index (χ1) is 15.4. The third-order valence-electron chi connectivity index (χ3n) is 4.79. The van der Waals surface area contributed by atoms with Crippen molar-refractivity contribution in [1.29, 1.82) is 0 Å². The first kappa shape index (κ1) is 23.4. The standard InChI is InChI=1S/C20H16F3N5O5/c1-11-18(24-19(29)14-7-16(27(30)31)9-17(8-14)28(32)33)12(2)26(25-11)10-13-4-3-5-15(6-13)20(21,22)23/h3-9H,10H2,1-2H3,(H,24,29). The Morgan fingerprint density at radius 1 is 1.06 bits per heavy atom. The molecule has 0 saturated heterocycles. The van der Waals surface area contributed by atoms with Crippen LogP contribution in [0.4, 0.5) is 30.2 Å². The van der Waals surface area contributed by atoms with Gasteiger partial charge in [-0.15, -0.1) is 0 Å². The smallest absolute Gasteiger partial charge is 0.319 e. The minimum atomic E-state index is -4.49. The number of anilines is 1. The third kappa shape index (κ3) is 5.14. The molecule has 0 bridgehead atoms. The fraction of sp³-hybridized carbons (Fsp3) is 0.200. The molecule has 2 aromatic carbocycles. The molecule has 1 aromatic heterocycles. The van der Waals surface area contributed by atoms with Gasteiger partial charge < -0.3 is 5.32 Å². The van der Waals surface area contributed by atoms with Gasteiger partial charge in [0.05, 0.1) is 50.7 Å². The molecule has 1 amide bonds. The molecule has 3 rings (SSSR count). The minimum Gasteiger partial charge on any atom is -0.319 e. The van der Waals surface area contributed by atoms with Gasteiger partial charge in [0.2, 0.25) is 0 Å². The van der Waals surface area contributed by atoms with Crippen molar-refractivity contribution in [2.75, 3.05) is 5.32 Å². The summed E-state index contributed by atoms with van der Waals surface area (Å²) in [6.45, 7) is 3.13. The zero-order valence-corrected chi connectivity index (χ0v) is 17.2. The summed E-state index contributed by atoms with van der Waals surface area (Å²) in [6, 6.07) is 7.28. The van der Waals surface area contributed by atoms with Crippen molar-refractivity contribution >= 4 is 23.0 Å². The Balaban J connectivity index is 1.89. The molecule has 0 atom stereocenters. The topological polar surface area (TPSA) is 133 Å². The molecular formula is C20H16F3N5O5. The predicted molar refractivity (Wildman–Crippen MR) is 110 cm³/mol. The Morgan fingerprint density at radius 2 is 1.67 bits per heavy atom. The van der Waals surface area contributed by atoms with E-state index in [0.29, 0.717) is 17.0 Å². The number of nitro groups is 2. The number of halogens is 3. The Labute approximate surface area is 183 Å². The van der Waals surface area contributed by atoms with E-state index in [-0.39, 0.29) is 17.8 Å². The Kier molecular flexibility index (Phi) is 6.15. The first-order valence-electron chi connectivity index (χ1n) is 9.32. The van der Waals surface area contributed by atoms with Crippen molar-refractivity contribution < 1.29 is 27.8 Å². The number of rotatable bonds is 6. The molecule has 1 N–H and O–H groups in total. The summed E-state index contributed by atoms with van der Waals surface area (Å²) < 4.78 is 40.3. The second-order valence-corrected chi connectivity index (χ2v) is 7.11. The lowest BCUT2D eigenvalue weighted by atomic mass is 10.1. The average molecular weight is 463 g/mol. The van der Waals surface area contributed by atoms with Gasteiger partial charge in [-0.05, 0) is 31.5 Å². The maximum atomic E-state index is 13.0. The van der Waals surface area contributed by atoms with Gasteiger partial charge in [-0.1, -0.05) is 12.1 Å². The zero-order chi connectivity index (χ0) is 24.5. The van der Waals surface area contributed by atoms with E-state index in [1.807, 2.05) is 0 Å². The van der Waals surface area contributed by atoms with E-state index >= 15 is 0 Å². The van der Waals surface area contributed by atoms with Gasteiger partial charge in [0, 0.05) is 12.1 Å². The van der Waals surface area contributed by atoms with Gasteiger partial charge in [0.25, 0.3) is 17.3 Å². The molecule has 0 radical (unpaired) electrons. The predicted octanol–water partition coefficient (Wildman–Crippen LogP) is 4.64. The lowest BCUT2D eigenvalue weighted by molar-refractivity contribution is -0.394. The van der Waals surface area contributed by atoms with Crippen molar-refractivity contribution in [3.05, 3.63) is 90.8 Å². The number of aromatic nitrogens is 2. The lowest BCUT2D eigenvalue weighted by Crippen LogP contribution is -2.14. The highest BCUT2D eigenvalue weighted by Gasteiger charge is 2.30. The minimum absolute atomic E-state index is 0.00521. The van der Waals surface area contributed by atoms with Crippen LogP contribution in [0.1, 0.15) is 32.9 Å². The first-order valence-corrected chi connectivity index (χ1v) is 9.32. The molecular weight excluding hydrogens is 447 g/mol. The highest BCUT2D eigenvalue weighted by Crippen LogP contribution is 2.30.